The van der Waals surface area contributed by atoms with E-state index in [1.165, 1.54) is 17.7 Å². The number of likely N-dealkylation sites (tertiary alicyclic amines) is 1. The Kier molecular flexibility index (Phi) is 4.45. The number of rotatable bonds is 2. The van der Waals surface area contributed by atoms with Crippen molar-refractivity contribution in [2.75, 3.05) is 13.1 Å². The van der Waals surface area contributed by atoms with Crippen molar-refractivity contribution in [2.45, 2.75) is 26.3 Å². The van der Waals surface area contributed by atoms with Gasteiger partial charge in [-0.15, -0.1) is 11.3 Å². The molecular weight excluding hydrogens is 298 g/mol. The molecule has 1 aliphatic heterocycles. The molecule has 0 unspecified atom stereocenters. The van der Waals surface area contributed by atoms with E-state index in [4.69, 9.17) is 5.73 Å². The average molecular weight is 316 g/mol. The van der Waals surface area contributed by atoms with Gasteiger partial charge in [-0.05, 0) is 40.8 Å². The van der Waals surface area contributed by atoms with Crippen LogP contribution < -0.4 is 5.73 Å². The minimum absolute atomic E-state index is 0.689. The van der Waals surface area contributed by atoms with Crippen LogP contribution in [0, 0.1) is 5.92 Å². The Labute approximate surface area is 115 Å². The third kappa shape index (κ3) is 3.71. The van der Waals surface area contributed by atoms with E-state index in [9.17, 15) is 0 Å². The lowest BCUT2D eigenvalue weighted by Gasteiger charge is -2.30. The average Bonchev–Trinajstić information content (AvgIpc) is 2.73. The van der Waals surface area contributed by atoms with Gasteiger partial charge in [0.25, 0.3) is 0 Å². The molecule has 1 aliphatic rings. The van der Waals surface area contributed by atoms with Gasteiger partial charge in [0.1, 0.15) is 0 Å². The van der Waals surface area contributed by atoms with Crippen molar-refractivity contribution in [3.05, 3.63) is 20.8 Å². The van der Waals surface area contributed by atoms with Gasteiger partial charge >= 0.3 is 0 Å². The Bertz CT molecular complexity index is 394. The Morgan fingerprint density at radius 3 is 2.88 bits per heavy atom. The quantitative estimate of drug-likeness (QED) is 0.673. The van der Waals surface area contributed by atoms with Gasteiger partial charge in [-0.2, -0.15) is 0 Å². The second-order valence-corrected chi connectivity index (χ2v) is 6.49. The van der Waals surface area contributed by atoms with Gasteiger partial charge in [0, 0.05) is 27.8 Å². The summed E-state index contributed by atoms with van der Waals surface area (Å²) in [6, 6.07) is 2.10. The molecule has 0 radical (unpaired) electrons. The molecule has 1 saturated heterocycles. The van der Waals surface area contributed by atoms with E-state index in [0.717, 1.165) is 23.5 Å². The van der Waals surface area contributed by atoms with Crippen LogP contribution >= 0.6 is 27.3 Å². The topological polar surface area (TPSA) is 41.6 Å². The summed E-state index contributed by atoms with van der Waals surface area (Å²) in [5.74, 6) is 1.52. The van der Waals surface area contributed by atoms with Crippen LogP contribution in [0.25, 0.3) is 0 Å². The maximum absolute atomic E-state index is 6.02. The second kappa shape index (κ2) is 5.87. The first-order chi connectivity index (χ1) is 8.15. The van der Waals surface area contributed by atoms with E-state index >= 15 is 0 Å². The van der Waals surface area contributed by atoms with Crippen molar-refractivity contribution in [3.63, 3.8) is 0 Å². The van der Waals surface area contributed by atoms with Crippen LogP contribution in [0.1, 0.15) is 24.6 Å². The number of nitrogens with two attached hydrogens (primary N) is 1. The molecule has 0 saturated carbocycles. The van der Waals surface area contributed by atoms with Gasteiger partial charge in [0.15, 0.2) is 5.96 Å². The van der Waals surface area contributed by atoms with Crippen LogP contribution in [0.15, 0.2) is 20.9 Å². The number of nitrogens with zero attached hydrogens (tertiary/aromatic N) is 2. The van der Waals surface area contributed by atoms with E-state index in [2.05, 4.69) is 44.2 Å². The summed E-state index contributed by atoms with van der Waals surface area (Å²) in [6.07, 6.45) is 2.45. The maximum Gasteiger partial charge on any atom is 0.191 e. The lowest BCUT2D eigenvalue weighted by Crippen LogP contribution is -2.42. The minimum atomic E-state index is 0.689. The van der Waals surface area contributed by atoms with Gasteiger partial charge in [-0.25, -0.2) is 4.99 Å². The summed E-state index contributed by atoms with van der Waals surface area (Å²) in [5.41, 5.74) is 6.02. The second-order valence-electron chi connectivity index (χ2n) is 4.58. The number of aliphatic imine (C=N–C) groups is 1. The van der Waals surface area contributed by atoms with Gasteiger partial charge in [0.2, 0.25) is 0 Å². The van der Waals surface area contributed by atoms with E-state index < -0.39 is 0 Å². The van der Waals surface area contributed by atoms with Gasteiger partial charge in [0.05, 0.1) is 6.54 Å². The zero-order chi connectivity index (χ0) is 12.3. The minimum Gasteiger partial charge on any atom is -0.370 e. The van der Waals surface area contributed by atoms with Crippen LogP contribution in [0.5, 0.6) is 0 Å². The maximum atomic E-state index is 6.02. The van der Waals surface area contributed by atoms with Crippen LogP contribution in [0.4, 0.5) is 0 Å². The third-order valence-corrected chi connectivity index (χ3v) is 4.81. The fraction of sp³-hybridized carbons (Fsp3) is 0.583. The molecule has 0 bridgehead atoms. The first kappa shape index (κ1) is 12.9. The van der Waals surface area contributed by atoms with Crippen molar-refractivity contribution in [2.24, 2.45) is 16.6 Å². The molecule has 17 heavy (non-hydrogen) atoms. The number of thiophene rings is 1. The smallest absolute Gasteiger partial charge is 0.191 e. The number of piperidine rings is 1. The highest BCUT2D eigenvalue weighted by molar-refractivity contribution is 9.10. The van der Waals surface area contributed by atoms with Crippen LogP contribution in [0.2, 0.25) is 0 Å². The summed E-state index contributed by atoms with van der Waals surface area (Å²) < 4.78 is 1.12. The van der Waals surface area contributed by atoms with E-state index in [1.807, 2.05) is 0 Å². The summed E-state index contributed by atoms with van der Waals surface area (Å²) >= 11 is 5.15. The molecule has 1 aromatic heterocycles. The Morgan fingerprint density at radius 1 is 1.59 bits per heavy atom. The largest absolute Gasteiger partial charge is 0.370 e. The molecule has 2 N–H and O–H groups in total. The predicted molar refractivity (Wildman–Crippen MR) is 77.3 cm³/mol. The SMILES string of the molecule is CC1CCN(C(N)=NCc2cc(Br)cs2)CC1. The number of hydrogen-bond acceptors (Lipinski definition) is 2. The normalized spacial score (nSPS) is 18.7. The Balaban J connectivity index is 1.88. The summed E-state index contributed by atoms with van der Waals surface area (Å²) in [5, 5.41) is 2.07. The lowest BCUT2D eigenvalue weighted by atomic mass is 10.00. The molecule has 1 fully saturated rings. The molecule has 2 rings (SSSR count). The fourth-order valence-electron chi connectivity index (χ4n) is 1.93. The number of guanidine groups is 1. The highest BCUT2D eigenvalue weighted by Gasteiger charge is 2.16. The van der Waals surface area contributed by atoms with Crippen molar-refractivity contribution in [3.8, 4) is 0 Å². The van der Waals surface area contributed by atoms with Crippen LogP contribution in [0.3, 0.4) is 0 Å². The van der Waals surface area contributed by atoms with Gasteiger partial charge < -0.3 is 10.6 Å². The number of halogens is 1. The Morgan fingerprint density at radius 2 is 2.29 bits per heavy atom. The van der Waals surface area contributed by atoms with Crippen molar-refractivity contribution < 1.29 is 0 Å². The van der Waals surface area contributed by atoms with Crippen molar-refractivity contribution >= 4 is 33.2 Å². The predicted octanol–water partition coefficient (Wildman–Crippen LogP) is 3.06. The zero-order valence-corrected chi connectivity index (χ0v) is 12.4. The molecule has 1 aromatic rings. The molecule has 94 valence electrons. The molecule has 0 aliphatic carbocycles. The molecular formula is C12H18BrN3S. The molecule has 0 amide bonds. The lowest BCUT2D eigenvalue weighted by molar-refractivity contribution is 0.277. The van der Waals surface area contributed by atoms with Crippen LogP contribution in [-0.4, -0.2) is 23.9 Å². The van der Waals surface area contributed by atoms with E-state index in [1.54, 1.807) is 11.3 Å². The third-order valence-electron chi connectivity index (χ3n) is 3.13. The molecule has 0 aromatic carbocycles. The molecule has 3 nitrogen and oxygen atoms in total. The monoisotopic (exact) mass is 315 g/mol. The van der Waals surface area contributed by atoms with Crippen molar-refractivity contribution in [1.29, 1.82) is 0 Å². The Hall–Kier alpha value is -0.550. The van der Waals surface area contributed by atoms with E-state index in [0.29, 0.717) is 12.5 Å². The molecule has 0 spiro atoms. The standard InChI is InChI=1S/C12H18BrN3S/c1-9-2-4-16(5-3-9)12(14)15-7-11-6-10(13)8-17-11/h6,8-9H,2-5,7H2,1H3,(H2,14,15). The fourth-order valence-corrected chi connectivity index (χ4v) is 3.31. The molecule has 2 heterocycles. The number of hydrogen-bond donors (Lipinski definition) is 1. The van der Waals surface area contributed by atoms with Gasteiger partial charge in [-0.3, -0.25) is 0 Å². The summed E-state index contributed by atoms with van der Waals surface area (Å²) in [6.45, 7) is 5.08. The summed E-state index contributed by atoms with van der Waals surface area (Å²) in [4.78, 5) is 7.90. The first-order valence-electron chi connectivity index (χ1n) is 5.93. The highest BCUT2D eigenvalue weighted by Crippen LogP contribution is 2.20. The zero-order valence-electron chi connectivity index (χ0n) is 10.0. The first-order valence-corrected chi connectivity index (χ1v) is 7.60. The molecule has 5 heteroatoms. The van der Waals surface area contributed by atoms with E-state index in [-0.39, 0.29) is 0 Å². The molecule has 0 atom stereocenters. The van der Waals surface area contributed by atoms with Crippen molar-refractivity contribution in [1.82, 2.24) is 4.90 Å². The van der Waals surface area contributed by atoms with Crippen LogP contribution in [-0.2, 0) is 6.54 Å². The summed E-state index contributed by atoms with van der Waals surface area (Å²) in [7, 11) is 0. The van der Waals surface area contributed by atoms with Gasteiger partial charge in [-0.1, -0.05) is 6.92 Å². The highest BCUT2D eigenvalue weighted by atomic mass is 79.9.